The number of aliphatic hydroxyl groups excluding tert-OH is 1. The van der Waals surface area contributed by atoms with Crippen molar-refractivity contribution in [3.05, 3.63) is 39.4 Å². The standard InChI is InChI=1S/C9H7NO3/c1-2-7-4-3-5-8(6-11)9(7)10(12)13/h1,3-5,11H,6H2. The van der Waals surface area contributed by atoms with E-state index >= 15 is 0 Å². The number of aliphatic hydroxyl groups is 1. The highest BCUT2D eigenvalue weighted by Gasteiger charge is 2.16. The van der Waals surface area contributed by atoms with Crippen molar-refractivity contribution >= 4 is 5.69 Å². The summed E-state index contributed by atoms with van der Waals surface area (Å²) in [7, 11) is 0. The summed E-state index contributed by atoms with van der Waals surface area (Å²) in [5, 5.41) is 19.4. The van der Waals surface area contributed by atoms with Crippen LogP contribution >= 0.6 is 0 Å². The molecule has 0 amide bonds. The van der Waals surface area contributed by atoms with Crippen LogP contribution < -0.4 is 0 Å². The smallest absolute Gasteiger partial charge is 0.290 e. The van der Waals surface area contributed by atoms with Gasteiger partial charge in [0.05, 0.1) is 17.1 Å². The van der Waals surface area contributed by atoms with Gasteiger partial charge in [-0.05, 0) is 12.1 Å². The van der Waals surface area contributed by atoms with Gasteiger partial charge in [0.2, 0.25) is 0 Å². The summed E-state index contributed by atoms with van der Waals surface area (Å²) < 4.78 is 0. The predicted octanol–water partition coefficient (Wildman–Crippen LogP) is 1.07. The zero-order valence-electron chi connectivity index (χ0n) is 6.73. The van der Waals surface area contributed by atoms with Gasteiger partial charge in [0, 0.05) is 0 Å². The van der Waals surface area contributed by atoms with Crippen LogP contribution in [-0.4, -0.2) is 10.0 Å². The molecule has 0 fully saturated rings. The average molecular weight is 177 g/mol. The van der Waals surface area contributed by atoms with Gasteiger partial charge in [-0.3, -0.25) is 10.1 Å². The molecule has 0 aliphatic rings. The number of nitro benzene ring substituents is 1. The molecule has 0 aliphatic carbocycles. The lowest BCUT2D eigenvalue weighted by molar-refractivity contribution is -0.386. The molecule has 0 aliphatic heterocycles. The van der Waals surface area contributed by atoms with Crippen LogP contribution in [0.1, 0.15) is 11.1 Å². The third-order valence-electron chi connectivity index (χ3n) is 1.63. The second kappa shape index (κ2) is 3.70. The van der Waals surface area contributed by atoms with Gasteiger partial charge in [-0.1, -0.05) is 12.0 Å². The molecule has 0 unspecified atom stereocenters. The molecule has 0 bridgehead atoms. The number of rotatable bonds is 2. The molecule has 0 heterocycles. The van der Waals surface area contributed by atoms with Crippen molar-refractivity contribution in [3.63, 3.8) is 0 Å². The van der Waals surface area contributed by atoms with E-state index in [0.717, 1.165) is 0 Å². The second-order valence-electron chi connectivity index (χ2n) is 2.37. The third-order valence-corrected chi connectivity index (χ3v) is 1.63. The monoisotopic (exact) mass is 177 g/mol. The number of nitrogens with zero attached hydrogens (tertiary/aromatic N) is 1. The Morgan fingerprint density at radius 1 is 1.62 bits per heavy atom. The Bertz CT molecular complexity index is 379. The quantitative estimate of drug-likeness (QED) is 0.417. The first kappa shape index (κ1) is 9.23. The van der Waals surface area contributed by atoms with Crippen LogP contribution in [0.15, 0.2) is 18.2 Å². The molecule has 0 aromatic heterocycles. The van der Waals surface area contributed by atoms with Crippen molar-refractivity contribution in [2.75, 3.05) is 0 Å². The largest absolute Gasteiger partial charge is 0.391 e. The molecule has 66 valence electrons. The number of terminal acetylenes is 1. The van der Waals surface area contributed by atoms with Crippen molar-refractivity contribution in [3.8, 4) is 12.3 Å². The molecule has 0 spiro atoms. The van der Waals surface area contributed by atoms with E-state index in [2.05, 4.69) is 5.92 Å². The van der Waals surface area contributed by atoms with Gasteiger partial charge >= 0.3 is 0 Å². The zero-order valence-corrected chi connectivity index (χ0v) is 6.73. The van der Waals surface area contributed by atoms with Crippen LogP contribution in [0.2, 0.25) is 0 Å². The van der Waals surface area contributed by atoms with Crippen LogP contribution in [0.3, 0.4) is 0 Å². The maximum absolute atomic E-state index is 10.6. The molecular weight excluding hydrogens is 170 g/mol. The minimum absolute atomic E-state index is 0.187. The molecule has 0 radical (unpaired) electrons. The molecule has 1 rings (SSSR count). The third kappa shape index (κ3) is 1.66. The Morgan fingerprint density at radius 2 is 2.31 bits per heavy atom. The highest BCUT2D eigenvalue weighted by molar-refractivity contribution is 5.54. The molecule has 4 heteroatoms. The highest BCUT2D eigenvalue weighted by atomic mass is 16.6. The number of nitro groups is 1. The fourth-order valence-electron chi connectivity index (χ4n) is 1.05. The molecular formula is C9H7NO3. The van der Waals surface area contributed by atoms with Crippen LogP contribution in [0, 0.1) is 22.5 Å². The maximum Gasteiger partial charge on any atom is 0.290 e. The Labute approximate surface area is 75.0 Å². The minimum atomic E-state index is -0.583. The number of para-hydroxylation sites is 1. The van der Waals surface area contributed by atoms with E-state index < -0.39 is 4.92 Å². The summed E-state index contributed by atoms with van der Waals surface area (Å²) in [6, 6.07) is 4.52. The van der Waals surface area contributed by atoms with Crippen molar-refractivity contribution in [2.24, 2.45) is 0 Å². The summed E-state index contributed by atoms with van der Waals surface area (Å²) >= 11 is 0. The minimum Gasteiger partial charge on any atom is -0.391 e. The summed E-state index contributed by atoms with van der Waals surface area (Å²) in [6.45, 7) is -0.383. The fourth-order valence-corrected chi connectivity index (χ4v) is 1.05. The van der Waals surface area contributed by atoms with E-state index in [1.165, 1.54) is 12.1 Å². The normalized spacial score (nSPS) is 9.23. The molecule has 1 aromatic rings. The molecule has 13 heavy (non-hydrogen) atoms. The first-order valence-corrected chi connectivity index (χ1v) is 3.54. The topological polar surface area (TPSA) is 63.4 Å². The van der Waals surface area contributed by atoms with Gasteiger partial charge in [0.1, 0.15) is 5.56 Å². The number of hydrogen-bond acceptors (Lipinski definition) is 3. The van der Waals surface area contributed by atoms with Crippen molar-refractivity contribution < 1.29 is 10.0 Å². The Kier molecular flexibility index (Phi) is 2.62. The van der Waals surface area contributed by atoms with E-state index in [1.807, 2.05) is 0 Å². The molecule has 1 aromatic carbocycles. The zero-order chi connectivity index (χ0) is 9.84. The Hall–Kier alpha value is -1.86. The Balaban J connectivity index is 3.41. The van der Waals surface area contributed by atoms with E-state index in [9.17, 15) is 10.1 Å². The summed E-state index contributed by atoms with van der Waals surface area (Å²) in [5.41, 5.74) is 0.240. The van der Waals surface area contributed by atoms with Gasteiger partial charge in [-0.25, -0.2) is 0 Å². The maximum atomic E-state index is 10.6. The highest BCUT2D eigenvalue weighted by Crippen LogP contribution is 2.22. The average Bonchev–Trinajstić information content (AvgIpc) is 2.16. The lowest BCUT2D eigenvalue weighted by Crippen LogP contribution is -1.98. The van der Waals surface area contributed by atoms with Crippen LogP contribution in [0.5, 0.6) is 0 Å². The van der Waals surface area contributed by atoms with Crippen LogP contribution in [0.4, 0.5) is 5.69 Å². The van der Waals surface area contributed by atoms with E-state index in [1.54, 1.807) is 6.07 Å². The van der Waals surface area contributed by atoms with E-state index in [0.29, 0.717) is 0 Å². The second-order valence-corrected chi connectivity index (χ2v) is 2.37. The number of hydrogen-bond donors (Lipinski definition) is 1. The molecule has 0 saturated heterocycles. The van der Waals surface area contributed by atoms with Crippen molar-refractivity contribution in [1.29, 1.82) is 0 Å². The number of benzene rings is 1. The lowest BCUT2D eigenvalue weighted by Gasteiger charge is -2.00. The van der Waals surface area contributed by atoms with Crippen molar-refractivity contribution in [1.82, 2.24) is 0 Å². The van der Waals surface area contributed by atoms with Crippen LogP contribution in [0.25, 0.3) is 0 Å². The van der Waals surface area contributed by atoms with Crippen LogP contribution in [-0.2, 0) is 6.61 Å². The SMILES string of the molecule is C#Cc1cccc(CO)c1[N+](=O)[O-]. The Morgan fingerprint density at radius 3 is 2.77 bits per heavy atom. The first-order valence-electron chi connectivity index (χ1n) is 3.54. The lowest BCUT2D eigenvalue weighted by atomic mass is 10.1. The van der Waals surface area contributed by atoms with Crippen molar-refractivity contribution in [2.45, 2.75) is 6.61 Å². The van der Waals surface area contributed by atoms with E-state index in [-0.39, 0.29) is 23.4 Å². The molecule has 1 N–H and O–H groups in total. The van der Waals surface area contributed by atoms with E-state index in [4.69, 9.17) is 11.5 Å². The summed E-state index contributed by atoms with van der Waals surface area (Å²) in [4.78, 5) is 9.98. The molecule has 4 nitrogen and oxygen atoms in total. The fraction of sp³-hybridized carbons (Fsp3) is 0.111. The predicted molar refractivity (Wildman–Crippen MR) is 47.0 cm³/mol. The van der Waals surface area contributed by atoms with Gasteiger partial charge in [-0.2, -0.15) is 0 Å². The van der Waals surface area contributed by atoms with Gasteiger partial charge in [0.25, 0.3) is 5.69 Å². The molecule has 0 atom stereocenters. The van der Waals surface area contributed by atoms with Gasteiger partial charge < -0.3 is 5.11 Å². The summed E-state index contributed by atoms with van der Waals surface area (Å²) in [5.74, 6) is 2.20. The van der Waals surface area contributed by atoms with Gasteiger partial charge in [0.15, 0.2) is 0 Å². The molecule has 0 saturated carbocycles. The summed E-state index contributed by atoms with van der Waals surface area (Å²) in [6.07, 6.45) is 5.08. The first-order chi connectivity index (χ1) is 6.20. The van der Waals surface area contributed by atoms with Gasteiger partial charge in [-0.15, -0.1) is 6.42 Å².